The highest BCUT2D eigenvalue weighted by atomic mass is 16.6. The van der Waals surface area contributed by atoms with Gasteiger partial charge in [0.25, 0.3) is 5.69 Å². The number of aromatic nitrogens is 2. The number of rotatable bonds is 5. The minimum absolute atomic E-state index is 0.0354. The molecular formula is C17H15N3O3. The zero-order valence-corrected chi connectivity index (χ0v) is 12.5. The van der Waals surface area contributed by atoms with Crippen LogP contribution in [-0.2, 0) is 0 Å². The molecule has 23 heavy (non-hydrogen) atoms. The molecule has 1 aromatic heterocycles. The summed E-state index contributed by atoms with van der Waals surface area (Å²) in [5.74, 6) is 1.02. The molecule has 0 N–H and O–H groups in total. The lowest BCUT2D eigenvalue weighted by atomic mass is 9.96. The van der Waals surface area contributed by atoms with Crippen LogP contribution in [0.15, 0.2) is 59.1 Å². The van der Waals surface area contributed by atoms with Crippen LogP contribution in [0, 0.1) is 10.1 Å². The van der Waals surface area contributed by atoms with Crippen molar-refractivity contribution >= 4 is 5.69 Å². The summed E-state index contributed by atoms with van der Waals surface area (Å²) in [6.45, 7) is 2.06. The Morgan fingerprint density at radius 3 is 2.43 bits per heavy atom. The Morgan fingerprint density at radius 1 is 1.13 bits per heavy atom. The molecule has 0 spiro atoms. The first-order valence-electron chi connectivity index (χ1n) is 7.32. The number of nitrogens with zero attached hydrogens (tertiary/aromatic N) is 3. The van der Waals surface area contributed by atoms with Gasteiger partial charge in [0.05, 0.1) is 10.8 Å². The highest BCUT2D eigenvalue weighted by molar-refractivity contribution is 5.56. The molecule has 0 radical (unpaired) electrons. The summed E-state index contributed by atoms with van der Waals surface area (Å²) in [4.78, 5) is 14.7. The Bertz CT molecular complexity index is 797. The summed E-state index contributed by atoms with van der Waals surface area (Å²) in [5, 5.41) is 14.7. The third-order valence-electron chi connectivity index (χ3n) is 3.69. The van der Waals surface area contributed by atoms with E-state index in [0.29, 0.717) is 17.3 Å². The van der Waals surface area contributed by atoms with Crippen LogP contribution in [-0.4, -0.2) is 15.1 Å². The SMILES string of the molecule is CC[C@H](c1ccccc1)c1nc(-c2ccc([N+](=O)[O-])cc2)no1. The van der Waals surface area contributed by atoms with E-state index in [2.05, 4.69) is 17.1 Å². The highest BCUT2D eigenvalue weighted by Crippen LogP contribution is 2.28. The molecule has 6 nitrogen and oxygen atoms in total. The van der Waals surface area contributed by atoms with E-state index in [-0.39, 0.29) is 11.6 Å². The number of hydrogen-bond acceptors (Lipinski definition) is 5. The zero-order valence-electron chi connectivity index (χ0n) is 12.5. The number of nitro groups is 1. The van der Waals surface area contributed by atoms with Crippen LogP contribution in [0.3, 0.4) is 0 Å². The van der Waals surface area contributed by atoms with Crippen LogP contribution < -0.4 is 0 Å². The fourth-order valence-electron chi connectivity index (χ4n) is 2.46. The topological polar surface area (TPSA) is 82.1 Å². The normalized spacial score (nSPS) is 12.0. The van der Waals surface area contributed by atoms with E-state index >= 15 is 0 Å². The van der Waals surface area contributed by atoms with Crippen LogP contribution in [0.1, 0.15) is 30.7 Å². The summed E-state index contributed by atoms with van der Waals surface area (Å²) in [6, 6.07) is 16.1. The quantitative estimate of drug-likeness (QED) is 0.521. The van der Waals surface area contributed by atoms with Crippen LogP contribution in [0.5, 0.6) is 0 Å². The summed E-state index contributed by atoms with van der Waals surface area (Å²) in [6.07, 6.45) is 0.839. The Kier molecular flexibility index (Phi) is 4.14. The van der Waals surface area contributed by atoms with Crippen LogP contribution in [0.4, 0.5) is 5.69 Å². The van der Waals surface area contributed by atoms with E-state index in [1.165, 1.54) is 12.1 Å². The largest absolute Gasteiger partial charge is 0.338 e. The lowest BCUT2D eigenvalue weighted by Gasteiger charge is -2.09. The Balaban J connectivity index is 1.89. The number of benzene rings is 2. The molecule has 0 aliphatic heterocycles. The van der Waals surface area contributed by atoms with Crippen molar-refractivity contribution in [2.24, 2.45) is 0 Å². The minimum Gasteiger partial charge on any atom is -0.338 e. The molecule has 0 amide bonds. The molecule has 0 aliphatic carbocycles. The first-order valence-corrected chi connectivity index (χ1v) is 7.32. The van der Waals surface area contributed by atoms with Gasteiger partial charge < -0.3 is 4.52 Å². The molecule has 0 fully saturated rings. The van der Waals surface area contributed by atoms with Crippen molar-refractivity contribution in [1.82, 2.24) is 10.1 Å². The van der Waals surface area contributed by atoms with Crippen LogP contribution in [0.2, 0.25) is 0 Å². The number of nitro benzene ring substituents is 1. The Morgan fingerprint density at radius 2 is 1.83 bits per heavy atom. The second-order valence-electron chi connectivity index (χ2n) is 5.13. The highest BCUT2D eigenvalue weighted by Gasteiger charge is 2.20. The molecular weight excluding hydrogens is 294 g/mol. The van der Waals surface area contributed by atoms with Gasteiger partial charge in [0.2, 0.25) is 11.7 Å². The summed E-state index contributed by atoms with van der Waals surface area (Å²) >= 11 is 0. The van der Waals surface area contributed by atoms with Gasteiger partial charge >= 0.3 is 0 Å². The van der Waals surface area contributed by atoms with Crippen molar-refractivity contribution in [2.75, 3.05) is 0 Å². The van der Waals surface area contributed by atoms with Crippen LogP contribution >= 0.6 is 0 Å². The second kappa shape index (κ2) is 6.39. The van der Waals surface area contributed by atoms with Crippen molar-refractivity contribution < 1.29 is 9.45 Å². The maximum absolute atomic E-state index is 10.7. The smallest absolute Gasteiger partial charge is 0.269 e. The molecule has 1 heterocycles. The van der Waals surface area contributed by atoms with Crippen molar-refractivity contribution in [3.63, 3.8) is 0 Å². The number of hydrogen-bond donors (Lipinski definition) is 0. The van der Waals surface area contributed by atoms with Gasteiger partial charge in [-0.1, -0.05) is 42.4 Å². The minimum atomic E-state index is -0.437. The van der Waals surface area contributed by atoms with Gasteiger partial charge in [0.1, 0.15) is 0 Å². The van der Waals surface area contributed by atoms with Gasteiger partial charge in [0, 0.05) is 17.7 Å². The van der Waals surface area contributed by atoms with Gasteiger partial charge in [-0.3, -0.25) is 10.1 Å². The fourth-order valence-corrected chi connectivity index (χ4v) is 2.46. The van der Waals surface area contributed by atoms with Gasteiger partial charge in [0.15, 0.2) is 0 Å². The molecule has 3 aromatic rings. The molecule has 0 saturated carbocycles. The first-order chi connectivity index (χ1) is 11.2. The van der Waals surface area contributed by atoms with E-state index in [1.807, 2.05) is 30.3 Å². The first kappa shape index (κ1) is 14.9. The molecule has 6 heteroatoms. The maximum atomic E-state index is 10.7. The Labute approximate surface area is 132 Å². The summed E-state index contributed by atoms with van der Waals surface area (Å²) < 4.78 is 5.41. The van der Waals surface area contributed by atoms with Gasteiger partial charge in [-0.25, -0.2) is 0 Å². The van der Waals surface area contributed by atoms with Gasteiger partial charge in [-0.2, -0.15) is 4.98 Å². The summed E-state index contributed by atoms with van der Waals surface area (Å²) in [7, 11) is 0. The van der Waals surface area contributed by atoms with E-state index in [4.69, 9.17) is 4.52 Å². The molecule has 0 bridgehead atoms. The standard InChI is InChI=1S/C17H15N3O3/c1-2-15(12-6-4-3-5-7-12)17-18-16(19-23-17)13-8-10-14(11-9-13)20(21)22/h3-11,15H,2H2,1H3/t15-/m1/s1. The van der Waals surface area contributed by atoms with E-state index < -0.39 is 4.92 Å². The molecule has 0 saturated heterocycles. The van der Waals surface area contributed by atoms with Gasteiger partial charge in [-0.05, 0) is 24.1 Å². The predicted molar refractivity (Wildman–Crippen MR) is 85.0 cm³/mol. The molecule has 1 atom stereocenters. The molecule has 0 aliphatic rings. The zero-order chi connectivity index (χ0) is 16.2. The summed E-state index contributed by atoms with van der Waals surface area (Å²) in [5.41, 5.74) is 1.84. The van der Waals surface area contributed by atoms with Crippen molar-refractivity contribution in [3.05, 3.63) is 76.2 Å². The fraction of sp³-hybridized carbons (Fsp3) is 0.176. The predicted octanol–water partition coefficient (Wildman–Crippen LogP) is 4.19. The molecule has 2 aromatic carbocycles. The molecule has 116 valence electrons. The third-order valence-corrected chi connectivity index (χ3v) is 3.69. The van der Waals surface area contributed by atoms with E-state index in [1.54, 1.807) is 12.1 Å². The number of non-ortho nitro benzene ring substituents is 1. The van der Waals surface area contributed by atoms with Crippen molar-refractivity contribution in [3.8, 4) is 11.4 Å². The average Bonchev–Trinajstić information content (AvgIpc) is 3.06. The lowest BCUT2D eigenvalue weighted by Crippen LogP contribution is -1.99. The van der Waals surface area contributed by atoms with Crippen molar-refractivity contribution in [1.29, 1.82) is 0 Å². The van der Waals surface area contributed by atoms with E-state index in [0.717, 1.165) is 12.0 Å². The Hall–Kier alpha value is -3.02. The maximum Gasteiger partial charge on any atom is 0.269 e. The average molecular weight is 309 g/mol. The third kappa shape index (κ3) is 3.11. The van der Waals surface area contributed by atoms with Crippen molar-refractivity contribution in [2.45, 2.75) is 19.3 Å². The molecule has 3 rings (SSSR count). The van der Waals surface area contributed by atoms with E-state index in [9.17, 15) is 10.1 Å². The van der Waals surface area contributed by atoms with Gasteiger partial charge in [-0.15, -0.1) is 0 Å². The second-order valence-corrected chi connectivity index (χ2v) is 5.13. The monoisotopic (exact) mass is 309 g/mol. The molecule has 0 unspecified atom stereocenters. The van der Waals surface area contributed by atoms with Crippen LogP contribution in [0.25, 0.3) is 11.4 Å². The lowest BCUT2D eigenvalue weighted by molar-refractivity contribution is -0.384.